The Bertz CT molecular complexity index is 504. The van der Waals surface area contributed by atoms with Crippen LogP contribution in [0.2, 0.25) is 0 Å². The maximum atomic E-state index is 11.7. The van der Waals surface area contributed by atoms with Crippen LogP contribution >= 0.6 is 0 Å². The van der Waals surface area contributed by atoms with Crippen molar-refractivity contribution < 1.29 is 19.4 Å². The molecule has 2 aliphatic rings. The van der Waals surface area contributed by atoms with Gasteiger partial charge in [-0.2, -0.15) is 0 Å². The zero-order valence-electron chi connectivity index (χ0n) is 14.5. The molecule has 2 heterocycles. The molecule has 1 N–H and O–H groups in total. The second-order valence-electron chi connectivity index (χ2n) is 6.39. The van der Waals surface area contributed by atoms with E-state index in [0.717, 1.165) is 12.8 Å². The molecule has 0 aromatic rings. The minimum atomic E-state index is -0.863. The first-order valence-electron chi connectivity index (χ1n) is 8.09. The van der Waals surface area contributed by atoms with Crippen molar-refractivity contribution in [1.29, 1.82) is 0 Å². The molecule has 7 heteroatoms. The summed E-state index contributed by atoms with van der Waals surface area (Å²) in [5.74, 6) is 1.07. The van der Waals surface area contributed by atoms with E-state index in [4.69, 9.17) is 9.47 Å². The number of hydrogen-bond donors (Lipinski definition) is 1. The zero-order chi connectivity index (χ0) is 17.1. The Morgan fingerprint density at radius 3 is 2.30 bits per heavy atom. The van der Waals surface area contributed by atoms with Gasteiger partial charge in [0.05, 0.1) is 20.3 Å². The van der Waals surface area contributed by atoms with Crippen LogP contribution in [-0.4, -0.2) is 72.7 Å². The fourth-order valence-electron chi connectivity index (χ4n) is 3.29. The van der Waals surface area contributed by atoms with E-state index in [1.807, 2.05) is 13.8 Å². The molecule has 0 radical (unpaired) electrons. The number of nitrogens with zero attached hydrogens (tertiary/aromatic N) is 3. The number of carbonyl (C=O) groups is 1. The Morgan fingerprint density at radius 1 is 1.22 bits per heavy atom. The molecule has 0 saturated carbocycles. The van der Waals surface area contributed by atoms with Gasteiger partial charge in [0.15, 0.2) is 6.04 Å². The van der Waals surface area contributed by atoms with Gasteiger partial charge >= 0.3 is 0 Å². The van der Waals surface area contributed by atoms with E-state index in [-0.39, 0.29) is 23.9 Å². The van der Waals surface area contributed by atoms with Gasteiger partial charge in [0.25, 0.3) is 0 Å². The highest BCUT2D eigenvalue weighted by Crippen LogP contribution is 2.26. The molecule has 1 saturated heterocycles. The first-order chi connectivity index (χ1) is 10.9. The summed E-state index contributed by atoms with van der Waals surface area (Å²) < 4.78 is 10.7. The summed E-state index contributed by atoms with van der Waals surface area (Å²) in [6.45, 7) is 6.25. The lowest BCUT2D eigenvalue weighted by Crippen LogP contribution is -2.51. The predicted octanol–water partition coefficient (Wildman–Crippen LogP) is 0.855. The number of methoxy groups -OCH3 is 2. The number of aliphatic hydroxyl groups excluding tert-OH is 1. The van der Waals surface area contributed by atoms with Gasteiger partial charge < -0.3 is 19.5 Å². The molecule has 130 valence electrons. The monoisotopic (exact) mass is 325 g/mol. The average molecular weight is 325 g/mol. The van der Waals surface area contributed by atoms with Crippen LogP contribution in [0.25, 0.3) is 0 Å². The molecular formula is C16H27N3O4. The Hall–Kier alpha value is -1.63. The summed E-state index contributed by atoms with van der Waals surface area (Å²) in [5, 5.41) is 10.8. The van der Waals surface area contributed by atoms with Crippen LogP contribution in [0.15, 0.2) is 9.98 Å². The lowest BCUT2D eigenvalue weighted by Gasteiger charge is -2.34. The second kappa shape index (κ2) is 7.29. The highest BCUT2D eigenvalue weighted by atomic mass is 16.5. The fourth-order valence-corrected chi connectivity index (χ4v) is 3.29. The highest BCUT2D eigenvalue weighted by Gasteiger charge is 2.42. The third-order valence-corrected chi connectivity index (χ3v) is 4.51. The highest BCUT2D eigenvalue weighted by molar-refractivity contribution is 5.94. The molecule has 1 amide bonds. The van der Waals surface area contributed by atoms with Gasteiger partial charge in [0.1, 0.15) is 12.1 Å². The number of aliphatic hydroxyl groups is 1. The summed E-state index contributed by atoms with van der Waals surface area (Å²) in [6.07, 6.45) is 0.765. The van der Waals surface area contributed by atoms with Gasteiger partial charge in [0.2, 0.25) is 17.7 Å². The lowest BCUT2D eigenvalue weighted by atomic mass is 9.97. The SMILES string of the molecule is COC1=N[C@H](C(C)C)C(OC)=N[C@H]1[C@H](O)[C@@H]1CCCN1C(C)=O. The van der Waals surface area contributed by atoms with Gasteiger partial charge in [-0.15, -0.1) is 0 Å². The van der Waals surface area contributed by atoms with Crippen LogP contribution < -0.4 is 0 Å². The van der Waals surface area contributed by atoms with Crippen molar-refractivity contribution in [2.24, 2.45) is 15.9 Å². The van der Waals surface area contributed by atoms with Crippen LogP contribution in [0.4, 0.5) is 0 Å². The maximum absolute atomic E-state index is 11.7. The lowest BCUT2D eigenvalue weighted by molar-refractivity contribution is -0.131. The van der Waals surface area contributed by atoms with Gasteiger partial charge in [-0.1, -0.05) is 13.8 Å². The minimum absolute atomic E-state index is 0.0331. The average Bonchev–Trinajstić information content (AvgIpc) is 3.02. The molecule has 0 bridgehead atoms. The molecule has 7 nitrogen and oxygen atoms in total. The summed E-state index contributed by atoms with van der Waals surface area (Å²) in [4.78, 5) is 22.6. The van der Waals surface area contributed by atoms with Crippen molar-refractivity contribution in [2.45, 2.75) is 57.8 Å². The molecule has 0 unspecified atom stereocenters. The number of aliphatic imine (C=N–C) groups is 2. The molecule has 4 atom stereocenters. The third kappa shape index (κ3) is 3.49. The predicted molar refractivity (Wildman–Crippen MR) is 87.7 cm³/mol. The minimum Gasteiger partial charge on any atom is -0.483 e. The van der Waals surface area contributed by atoms with E-state index in [2.05, 4.69) is 9.98 Å². The Balaban J connectivity index is 2.27. The molecule has 0 spiro atoms. The molecule has 0 aromatic carbocycles. The van der Waals surface area contributed by atoms with Gasteiger partial charge in [-0.05, 0) is 18.8 Å². The topological polar surface area (TPSA) is 83.7 Å². The number of hydrogen-bond acceptors (Lipinski definition) is 6. The van der Waals surface area contributed by atoms with E-state index in [1.54, 1.807) is 12.0 Å². The number of amides is 1. The first kappa shape index (κ1) is 17.7. The van der Waals surface area contributed by atoms with E-state index >= 15 is 0 Å². The molecule has 1 fully saturated rings. The quantitative estimate of drug-likeness (QED) is 0.834. The van der Waals surface area contributed by atoms with E-state index in [9.17, 15) is 9.90 Å². The first-order valence-corrected chi connectivity index (χ1v) is 8.09. The Kier molecular flexibility index (Phi) is 5.62. The number of carbonyl (C=O) groups excluding carboxylic acids is 1. The number of likely N-dealkylation sites (tertiary alicyclic amines) is 1. The van der Waals surface area contributed by atoms with Gasteiger partial charge in [-0.3, -0.25) is 4.79 Å². The van der Waals surface area contributed by atoms with Crippen LogP contribution in [0.3, 0.4) is 0 Å². The van der Waals surface area contributed by atoms with Crippen LogP contribution in [-0.2, 0) is 14.3 Å². The van der Waals surface area contributed by atoms with Crippen molar-refractivity contribution in [3.05, 3.63) is 0 Å². The second-order valence-corrected chi connectivity index (χ2v) is 6.39. The van der Waals surface area contributed by atoms with Crippen molar-refractivity contribution in [3.8, 4) is 0 Å². The van der Waals surface area contributed by atoms with Crippen LogP contribution in [0.5, 0.6) is 0 Å². The van der Waals surface area contributed by atoms with Gasteiger partial charge in [0, 0.05) is 13.5 Å². The number of ether oxygens (including phenoxy) is 2. The fraction of sp³-hybridized carbons (Fsp3) is 0.812. The van der Waals surface area contributed by atoms with Gasteiger partial charge in [-0.25, -0.2) is 9.98 Å². The molecule has 0 aliphatic carbocycles. The summed E-state index contributed by atoms with van der Waals surface area (Å²) in [7, 11) is 3.09. The summed E-state index contributed by atoms with van der Waals surface area (Å²) >= 11 is 0. The van der Waals surface area contributed by atoms with Crippen molar-refractivity contribution in [3.63, 3.8) is 0 Å². The van der Waals surface area contributed by atoms with E-state index < -0.39 is 12.1 Å². The van der Waals surface area contributed by atoms with E-state index in [0.29, 0.717) is 18.3 Å². The standard InChI is InChI=1S/C16H27N3O4/c1-9(2)12-15(22-4)18-13(16(17-12)23-5)14(21)11-7-6-8-19(11)10(3)20/h9,11-14,21H,6-8H2,1-5H3/t11-,12+,13-,14+/m0/s1. The maximum Gasteiger partial charge on any atom is 0.219 e. The largest absolute Gasteiger partial charge is 0.483 e. The third-order valence-electron chi connectivity index (χ3n) is 4.51. The van der Waals surface area contributed by atoms with Crippen LogP contribution in [0, 0.1) is 5.92 Å². The molecule has 2 rings (SSSR count). The molecule has 23 heavy (non-hydrogen) atoms. The number of rotatable bonds is 3. The zero-order valence-corrected chi connectivity index (χ0v) is 14.5. The Morgan fingerprint density at radius 2 is 1.78 bits per heavy atom. The normalized spacial score (nSPS) is 29.2. The van der Waals surface area contributed by atoms with Crippen molar-refractivity contribution >= 4 is 17.7 Å². The summed E-state index contributed by atoms with van der Waals surface area (Å²) in [5.41, 5.74) is 0. The van der Waals surface area contributed by atoms with Crippen molar-refractivity contribution in [1.82, 2.24) is 4.90 Å². The summed E-state index contributed by atoms with van der Waals surface area (Å²) in [6, 6.07) is -1.13. The molecule has 0 aromatic heterocycles. The molecule has 2 aliphatic heterocycles. The smallest absolute Gasteiger partial charge is 0.219 e. The van der Waals surface area contributed by atoms with E-state index in [1.165, 1.54) is 14.0 Å². The van der Waals surface area contributed by atoms with Crippen LogP contribution in [0.1, 0.15) is 33.6 Å². The Labute approximate surface area is 137 Å². The molecular weight excluding hydrogens is 298 g/mol. The van der Waals surface area contributed by atoms with Crippen molar-refractivity contribution in [2.75, 3.05) is 20.8 Å².